The quantitative estimate of drug-likeness (QED) is 0.710. The van der Waals surface area contributed by atoms with Gasteiger partial charge in [0.05, 0.1) is 6.04 Å². The van der Waals surface area contributed by atoms with Gasteiger partial charge >= 0.3 is 5.97 Å². The lowest BCUT2D eigenvalue weighted by atomic mass is 9.98. The minimum Gasteiger partial charge on any atom is -0.481 e. The third-order valence-electron chi connectivity index (χ3n) is 1.91. The smallest absolute Gasteiger partial charge is 0.303 e. The van der Waals surface area contributed by atoms with Crippen LogP contribution in [0.25, 0.3) is 0 Å². The number of carbonyl (C=O) groups is 2. The second-order valence-corrected chi connectivity index (χ2v) is 3.33. The van der Waals surface area contributed by atoms with Crippen molar-refractivity contribution in [3.05, 3.63) is 0 Å². The second kappa shape index (κ2) is 9.65. The third kappa shape index (κ3) is 8.12. The SMILES string of the molecule is CC.CNC(CCC(=O)O)C(=O)C(C)C. The van der Waals surface area contributed by atoms with Crippen LogP contribution in [0.15, 0.2) is 0 Å². The molecule has 1 atom stereocenters. The van der Waals surface area contributed by atoms with E-state index in [-0.39, 0.29) is 24.2 Å². The van der Waals surface area contributed by atoms with Gasteiger partial charge in [-0.3, -0.25) is 9.59 Å². The first-order chi connectivity index (χ1) is 6.99. The van der Waals surface area contributed by atoms with Gasteiger partial charge in [0, 0.05) is 12.3 Å². The molecule has 0 rings (SSSR count). The highest BCUT2D eigenvalue weighted by Gasteiger charge is 2.19. The van der Waals surface area contributed by atoms with Crippen LogP contribution in [0.5, 0.6) is 0 Å². The number of rotatable bonds is 6. The fourth-order valence-electron chi connectivity index (χ4n) is 1.10. The van der Waals surface area contributed by atoms with Crippen molar-refractivity contribution < 1.29 is 14.7 Å². The van der Waals surface area contributed by atoms with E-state index in [1.165, 1.54) is 0 Å². The molecule has 0 aromatic rings. The molecule has 0 radical (unpaired) electrons. The summed E-state index contributed by atoms with van der Waals surface area (Å²) in [7, 11) is 1.67. The predicted molar refractivity (Wildman–Crippen MR) is 60.9 cm³/mol. The van der Waals surface area contributed by atoms with Crippen LogP contribution >= 0.6 is 0 Å². The van der Waals surface area contributed by atoms with E-state index in [0.717, 1.165) is 0 Å². The molecule has 0 spiro atoms. The minimum atomic E-state index is -0.864. The van der Waals surface area contributed by atoms with Crippen LogP contribution in [-0.2, 0) is 9.59 Å². The number of hydrogen-bond donors (Lipinski definition) is 2. The highest BCUT2D eigenvalue weighted by molar-refractivity contribution is 5.86. The molecule has 0 heterocycles. The van der Waals surface area contributed by atoms with Gasteiger partial charge < -0.3 is 10.4 Å². The van der Waals surface area contributed by atoms with Crippen LogP contribution in [0.1, 0.15) is 40.5 Å². The van der Waals surface area contributed by atoms with Crippen LogP contribution in [0.2, 0.25) is 0 Å². The van der Waals surface area contributed by atoms with Gasteiger partial charge in [-0.25, -0.2) is 0 Å². The molecule has 90 valence electrons. The Bertz CT molecular complexity index is 190. The standard InChI is InChI=1S/C9H17NO3.C2H6/c1-6(2)9(13)7(10-3)4-5-8(11)12;1-2/h6-7,10H,4-5H2,1-3H3,(H,11,12);1-2H3. The van der Waals surface area contributed by atoms with Gasteiger partial charge in [0.15, 0.2) is 5.78 Å². The zero-order valence-corrected chi connectivity index (χ0v) is 10.3. The number of carbonyl (C=O) groups excluding carboxylic acids is 1. The molecule has 0 aliphatic carbocycles. The lowest BCUT2D eigenvalue weighted by Gasteiger charge is -2.15. The summed E-state index contributed by atoms with van der Waals surface area (Å²) >= 11 is 0. The Morgan fingerprint density at radius 1 is 1.27 bits per heavy atom. The highest BCUT2D eigenvalue weighted by atomic mass is 16.4. The van der Waals surface area contributed by atoms with E-state index in [0.29, 0.717) is 6.42 Å². The molecule has 0 aromatic heterocycles. The zero-order valence-electron chi connectivity index (χ0n) is 10.3. The van der Waals surface area contributed by atoms with Crippen LogP contribution in [0.4, 0.5) is 0 Å². The maximum Gasteiger partial charge on any atom is 0.303 e. The molecule has 2 N–H and O–H groups in total. The molecule has 1 unspecified atom stereocenters. The first-order valence-electron chi connectivity index (χ1n) is 5.41. The summed E-state index contributed by atoms with van der Waals surface area (Å²) in [4.78, 5) is 21.7. The maximum absolute atomic E-state index is 11.4. The van der Waals surface area contributed by atoms with E-state index < -0.39 is 5.97 Å². The molecule has 4 heteroatoms. The Morgan fingerprint density at radius 3 is 2.00 bits per heavy atom. The molecule has 4 nitrogen and oxygen atoms in total. The predicted octanol–water partition coefficient (Wildman–Crippen LogP) is 1.69. The van der Waals surface area contributed by atoms with E-state index in [1.54, 1.807) is 7.05 Å². The number of hydrogen-bond acceptors (Lipinski definition) is 3. The van der Waals surface area contributed by atoms with Crippen LogP contribution < -0.4 is 5.32 Å². The van der Waals surface area contributed by atoms with Crippen molar-refractivity contribution in [1.82, 2.24) is 5.32 Å². The number of aliphatic carboxylic acids is 1. The number of carboxylic acid groups (broad SMARTS) is 1. The Morgan fingerprint density at radius 2 is 1.73 bits per heavy atom. The molecule has 0 aliphatic heterocycles. The maximum atomic E-state index is 11.4. The van der Waals surface area contributed by atoms with E-state index in [9.17, 15) is 9.59 Å². The number of Topliss-reactive ketones (excluding diaryl/α,β-unsaturated/α-hetero) is 1. The molecule has 0 amide bonds. The first kappa shape index (κ1) is 16.5. The van der Waals surface area contributed by atoms with E-state index in [4.69, 9.17) is 5.11 Å². The summed E-state index contributed by atoms with van der Waals surface area (Å²) in [6.07, 6.45) is 0.396. The molecular formula is C11H23NO3. The zero-order chi connectivity index (χ0) is 12.4. The normalized spacial score (nSPS) is 11.6. The largest absolute Gasteiger partial charge is 0.481 e. The Kier molecular flexibility index (Phi) is 10.6. The van der Waals surface area contributed by atoms with Gasteiger partial charge in [0.25, 0.3) is 0 Å². The van der Waals surface area contributed by atoms with E-state index in [1.807, 2.05) is 27.7 Å². The van der Waals surface area contributed by atoms with Crippen molar-refractivity contribution in [3.8, 4) is 0 Å². The fourth-order valence-corrected chi connectivity index (χ4v) is 1.10. The molecule has 0 aromatic carbocycles. The Labute approximate surface area is 92.1 Å². The number of carboxylic acids is 1. The Hall–Kier alpha value is -0.900. The van der Waals surface area contributed by atoms with Crippen molar-refractivity contribution in [2.45, 2.75) is 46.6 Å². The highest BCUT2D eigenvalue weighted by Crippen LogP contribution is 2.05. The average molecular weight is 217 g/mol. The van der Waals surface area contributed by atoms with Crippen LogP contribution in [0.3, 0.4) is 0 Å². The molecule has 0 bridgehead atoms. The van der Waals surface area contributed by atoms with Gasteiger partial charge in [0.1, 0.15) is 0 Å². The van der Waals surface area contributed by atoms with Crippen molar-refractivity contribution in [2.24, 2.45) is 5.92 Å². The summed E-state index contributed by atoms with van der Waals surface area (Å²) in [5.41, 5.74) is 0. The molecule has 0 saturated heterocycles. The third-order valence-corrected chi connectivity index (χ3v) is 1.91. The summed E-state index contributed by atoms with van der Waals surface area (Å²) in [6.45, 7) is 7.63. The summed E-state index contributed by atoms with van der Waals surface area (Å²) in [6, 6.07) is -0.323. The van der Waals surface area contributed by atoms with Crippen molar-refractivity contribution in [1.29, 1.82) is 0 Å². The molecule has 0 aliphatic rings. The first-order valence-corrected chi connectivity index (χ1v) is 5.41. The molecule has 0 saturated carbocycles. The summed E-state index contributed by atoms with van der Waals surface area (Å²) in [5, 5.41) is 11.3. The lowest BCUT2D eigenvalue weighted by Crippen LogP contribution is -2.37. The van der Waals surface area contributed by atoms with Gasteiger partial charge in [-0.2, -0.15) is 0 Å². The topological polar surface area (TPSA) is 66.4 Å². The van der Waals surface area contributed by atoms with E-state index >= 15 is 0 Å². The lowest BCUT2D eigenvalue weighted by molar-refractivity contribution is -0.137. The van der Waals surface area contributed by atoms with Gasteiger partial charge in [-0.1, -0.05) is 27.7 Å². The number of likely N-dealkylation sites (N-methyl/N-ethyl adjacent to an activating group) is 1. The van der Waals surface area contributed by atoms with Crippen molar-refractivity contribution >= 4 is 11.8 Å². The van der Waals surface area contributed by atoms with Gasteiger partial charge in [-0.05, 0) is 13.5 Å². The molecule has 0 fully saturated rings. The number of nitrogens with one attached hydrogen (secondary N) is 1. The second-order valence-electron chi connectivity index (χ2n) is 3.33. The molecule has 15 heavy (non-hydrogen) atoms. The summed E-state index contributed by atoms with van der Waals surface area (Å²) in [5.74, 6) is -0.841. The number of ketones is 1. The minimum absolute atomic E-state index is 0.0317. The monoisotopic (exact) mass is 217 g/mol. The van der Waals surface area contributed by atoms with Gasteiger partial charge in [0.2, 0.25) is 0 Å². The Balaban J connectivity index is 0. The van der Waals surface area contributed by atoms with Crippen LogP contribution in [0, 0.1) is 5.92 Å². The van der Waals surface area contributed by atoms with Gasteiger partial charge in [-0.15, -0.1) is 0 Å². The fraction of sp³-hybridized carbons (Fsp3) is 0.818. The summed E-state index contributed by atoms with van der Waals surface area (Å²) < 4.78 is 0. The molecular weight excluding hydrogens is 194 g/mol. The average Bonchev–Trinajstić information content (AvgIpc) is 2.21. The van der Waals surface area contributed by atoms with Crippen molar-refractivity contribution in [2.75, 3.05) is 7.05 Å². The van der Waals surface area contributed by atoms with Crippen LogP contribution in [-0.4, -0.2) is 29.9 Å². The van der Waals surface area contributed by atoms with Crippen molar-refractivity contribution in [3.63, 3.8) is 0 Å². The van der Waals surface area contributed by atoms with E-state index in [2.05, 4.69) is 5.32 Å².